The van der Waals surface area contributed by atoms with Gasteiger partial charge in [-0.15, -0.1) is 0 Å². The molecule has 194 valence electrons. The van der Waals surface area contributed by atoms with Crippen molar-refractivity contribution in [1.29, 1.82) is 0 Å². The zero-order valence-corrected chi connectivity index (χ0v) is 24.5. The van der Waals surface area contributed by atoms with Crippen molar-refractivity contribution in [1.82, 2.24) is 0 Å². The summed E-state index contributed by atoms with van der Waals surface area (Å²) >= 11 is 0. The Morgan fingerprint density at radius 1 is 0.970 bits per heavy atom. The Kier molecular flexibility index (Phi) is 9.43. The molecule has 2 rings (SSSR count). The number of rotatable bonds is 9. The van der Waals surface area contributed by atoms with Crippen molar-refractivity contribution < 1.29 is 5.11 Å². The first kappa shape index (κ1) is 28.9. The fourth-order valence-corrected chi connectivity index (χ4v) is 8.04. The van der Waals surface area contributed by atoms with Crippen LogP contribution in [0.3, 0.4) is 0 Å². The van der Waals surface area contributed by atoms with Gasteiger partial charge in [-0.2, -0.15) is 0 Å². The van der Waals surface area contributed by atoms with E-state index in [4.69, 9.17) is 0 Å². The lowest BCUT2D eigenvalue weighted by atomic mass is 9.50. The molecule has 0 amide bonds. The van der Waals surface area contributed by atoms with E-state index in [9.17, 15) is 5.11 Å². The maximum atomic E-state index is 10.9. The molecule has 0 spiro atoms. The normalized spacial score (nSPS) is 38.6. The lowest BCUT2D eigenvalue weighted by Gasteiger charge is -2.56. The van der Waals surface area contributed by atoms with E-state index in [0.29, 0.717) is 28.1 Å². The molecule has 0 bridgehead atoms. The second kappa shape index (κ2) is 10.8. The van der Waals surface area contributed by atoms with E-state index in [0.717, 1.165) is 18.3 Å². The third-order valence-corrected chi connectivity index (χ3v) is 10.9. The van der Waals surface area contributed by atoms with Gasteiger partial charge in [0.25, 0.3) is 0 Å². The maximum Gasteiger partial charge on any atom is 0.0594 e. The molecule has 2 aliphatic rings. The summed E-state index contributed by atoms with van der Waals surface area (Å²) in [6.45, 7) is 26.9. The topological polar surface area (TPSA) is 20.2 Å². The SMILES string of the molecule is CCCC1C(C)(C)C(O)CCC1(C)C(C)C/C=C1/C(CC)C(C)(CCC(C)C)CCC1(C)C. The predicted molar refractivity (Wildman–Crippen MR) is 146 cm³/mol. The second-order valence-electron chi connectivity index (χ2n) is 14.5. The third kappa shape index (κ3) is 5.92. The summed E-state index contributed by atoms with van der Waals surface area (Å²) < 4.78 is 0. The molecular weight excluding hydrogens is 400 g/mol. The van der Waals surface area contributed by atoms with Gasteiger partial charge in [-0.3, -0.25) is 0 Å². The first-order valence-corrected chi connectivity index (χ1v) is 14.5. The molecule has 0 radical (unpaired) electrons. The average Bonchev–Trinajstić information content (AvgIpc) is 2.73. The van der Waals surface area contributed by atoms with Gasteiger partial charge in [0, 0.05) is 0 Å². The van der Waals surface area contributed by atoms with Crippen molar-refractivity contribution >= 4 is 0 Å². The van der Waals surface area contributed by atoms with Crippen LogP contribution in [0.1, 0.15) is 140 Å². The lowest BCUT2D eigenvalue weighted by Crippen LogP contribution is -2.52. The zero-order chi connectivity index (χ0) is 25.2. The van der Waals surface area contributed by atoms with Crippen LogP contribution < -0.4 is 0 Å². The van der Waals surface area contributed by atoms with Gasteiger partial charge < -0.3 is 5.11 Å². The highest BCUT2D eigenvalue weighted by Gasteiger charge is 2.52. The van der Waals surface area contributed by atoms with Gasteiger partial charge in [0.15, 0.2) is 0 Å². The summed E-state index contributed by atoms with van der Waals surface area (Å²) in [5.74, 6) is 2.74. The van der Waals surface area contributed by atoms with Crippen molar-refractivity contribution in [2.75, 3.05) is 0 Å². The van der Waals surface area contributed by atoms with E-state index >= 15 is 0 Å². The first-order valence-electron chi connectivity index (χ1n) is 14.5. The Morgan fingerprint density at radius 2 is 1.61 bits per heavy atom. The minimum atomic E-state index is -0.156. The quantitative estimate of drug-likeness (QED) is 0.339. The number of hydrogen-bond donors (Lipinski definition) is 1. The van der Waals surface area contributed by atoms with Gasteiger partial charge in [0.2, 0.25) is 0 Å². The standard InChI is InChI=1S/C32H60O/c1-12-14-27-30(8,9)28(33)18-20-32(27,11)24(5)15-16-26-25(13-2)31(10,19-17-23(3)4)22-21-29(26,6)7/h16,23-25,27-28,33H,12-15,17-22H2,1-11H3/b26-16-. The van der Waals surface area contributed by atoms with Gasteiger partial charge in [0.1, 0.15) is 0 Å². The van der Waals surface area contributed by atoms with E-state index in [1.807, 2.05) is 0 Å². The van der Waals surface area contributed by atoms with Crippen LogP contribution in [-0.2, 0) is 0 Å². The molecule has 6 unspecified atom stereocenters. The smallest absolute Gasteiger partial charge is 0.0594 e. The van der Waals surface area contributed by atoms with E-state index in [-0.39, 0.29) is 11.5 Å². The molecule has 0 aromatic carbocycles. The number of aliphatic hydroxyl groups is 1. The number of hydrogen-bond acceptors (Lipinski definition) is 1. The highest BCUT2D eigenvalue weighted by molar-refractivity contribution is 5.22. The third-order valence-electron chi connectivity index (χ3n) is 10.9. The molecule has 2 aliphatic carbocycles. The Labute approximate surface area is 208 Å². The van der Waals surface area contributed by atoms with Crippen LogP contribution in [0.2, 0.25) is 0 Å². The molecule has 0 saturated heterocycles. The Morgan fingerprint density at radius 3 is 2.15 bits per heavy atom. The minimum absolute atomic E-state index is 0.00982. The van der Waals surface area contributed by atoms with Crippen LogP contribution in [-0.4, -0.2) is 11.2 Å². The van der Waals surface area contributed by atoms with Crippen LogP contribution >= 0.6 is 0 Å². The molecule has 1 nitrogen and oxygen atoms in total. The Hall–Kier alpha value is -0.300. The lowest BCUT2D eigenvalue weighted by molar-refractivity contribution is -0.117. The van der Waals surface area contributed by atoms with Crippen molar-refractivity contribution in [2.45, 2.75) is 146 Å². The van der Waals surface area contributed by atoms with Gasteiger partial charge in [0.05, 0.1) is 6.10 Å². The van der Waals surface area contributed by atoms with Crippen LogP contribution in [0.15, 0.2) is 11.6 Å². The summed E-state index contributed by atoms with van der Waals surface area (Å²) in [6, 6.07) is 0. The Balaban J connectivity index is 2.33. The summed E-state index contributed by atoms with van der Waals surface area (Å²) in [7, 11) is 0. The first-order chi connectivity index (χ1) is 15.2. The van der Waals surface area contributed by atoms with E-state index < -0.39 is 0 Å². The second-order valence-corrected chi connectivity index (χ2v) is 14.5. The molecule has 33 heavy (non-hydrogen) atoms. The fourth-order valence-electron chi connectivity index (χ4n) is 8.04. The predicted octanol–water partition coefficient (Wildman–Crippen LogP) is 9.83. The highest BCUT2D eigenvalue weighted by Crippen LogP contribution is 2.59. The summed E-state index contributed by atoms with van der Waals surface area (Å²) in [4.78, 5) is 0. The molecule has 2 fully saturated rings. The van der Waals surface area contributed by atoms with Crippen LogP contribution in [0.25, 0.3) is 0 Å². The fraction of sp³-hybridized carbons (Fsp3) is 0.938. The molecule has 0 aromatic heterocycles. The highest BCUT2D eigenvalue weighted by atomic mass is 16.3. The molecule has 0 aromatic rings. The monoisotopic (exact) mass is 460 g/mol. The average molecular weight is 461 g/mol. The molecule has 1 heteroatoms. The molecule has 0 heterocycles. The van der Waals surface area contributed by atoms with E-state index in [1.54, 1.807) is 5.57 Å². The van der Waals surface area contributed by atoms with Gasteiger partial charge in [-0.25, -0.2) is 0 Å². The zero-order valence-electron chi connectivity index (χ0n) is 24.5. The molecule has 0 aliphatic heterocycles. The molecule has 1 N–H and O–H groups in total. The van der Waals surface area contributed by atoms with Gasteiger partial charge in [-0.05, 0) is 96.7 Å². The van der Waals surface area contributed by atoms with Gasteiger partial charge >= 0.3 is 0 Å². The van der Waals surface area contributed by atoms with Gasteiger partial charge in [-0.1, -0.05) is 101 Å². The summed E-state index contributed by atoms with van der Waals surface area (Å²) in [5.41, 5.74) is 2.85. The largest absolute Gasteiger partial charge is 0.393 e. The molecule has 6 atom stereocenters. The summed E-state index contributed by atoms with van der Waals surface area (Å²) in [6.07, 6.45) is 15.0. The number of aliphatic hydroxyl groups excluding tert-OH is 1. The van der Waals surface area contributed by atoms with Crippen molar-refractivity contribution in [2.24, 2.45) is 45.3 Å². The van der Waals surface area contributed by atoms with Crippen molar-refractivity contribution in [3.05, 3.63) is 11.6 Å². The van der Waals surface area contributed by atoms with Crippen molar-refractivity contribution in [3.63, 3.8) is 0 Å². The molecule has 2 saturated carbocycles. The van der Waals surface area contributed by atoms with Crippen LogP contribution in [0.4, 0.5) is 0 Å². The minimum Gasteiger partial charge on any atom is -0.393 e. The van der Waals surface area contributed by atoms with Crippen LogP contribution in [0, 0.1) is 45.3 Å². The Bertz CT molecular complexity index is 651. The van der Waals surface area contributed by atoms with Crippen molar-refractivity contribution in [3.8, 4) is 0 Å². The van der Waals surface area contributed by atoms with E-state index in [1.165, 1.54) is 57.8 Å². The van der Waals surface area contributed by atoms with Crippen LogP contribution in [0.5, 0.6) is 0 Å². The number of allylic oxidation sites excluding steroid dienone is 2. The maximum absolute atomic E-state index is 10.9. The summed E-state index contributed by atoms with van der Waals surface area (Å²) in [5, 5.41) is 10.9. The van der Waals surface area contributed by atoms with E-state index in [2.05, 4.69) is 82.2 Å². The molecular formula is C32H60O.